The molecule has 4 rings (SSSR count). The van der Waals surface area contributed by atoms with Crippen molar-refractivity contribution in [2.45, 2.75) is 76.0 Å². The van der Waals surface area contributed by atoms with Crippen molar-refractivity contribution in [3.63, 3.8) is 0 Å². The normalized spacial score (nSPS) is 24.4. The van der Waals surface area contributed by atoms with Gasteiger partial charge in [-0.05, 0) is 68.9 Å². The van der Waals surface area contributed by atoms with E-state index in [4.69, 9.17) is 9.47 Å². The molecule has 0 bridgehead atoms. The van der Waals surface area contributed by atoms with Crippen molar-refractivity contribution in [2.24, 2.45) is 0 Å². The average Bonchev–Trinajstić information content (AvgIpc) is 2.76. The molecule has 2 aliphatic rings. The van der Waals surface area contributed by atoms with Crippen LogP contribution >= 0.6 is 0 Å². The first-order valence-corrected chi connectivity index (χ1v) is 10.8. The minimum atomic E-state index is -0.899. The fourth-order valence-electron chi connectivity index (χ4n) is 4.43. The van der Waals surface area contributed by atoms with E-state index in [-0.39, 0.29) is 12.2 Å². The number of rotatable bonds is 6. The van der Waals surface area contributed by atoms with Gasteiger partial charge in [-0.3, -0.25) is 0 Å². The van der Waals surface area contributed by atoms with Crippen molar-refractivity contribution in [1.82, 2.24) is 0 Å². The molecule has 0 spiro atoms. The topological polar surface area (TPSA) is 79.2 Å². The Bertz CT molecular complexity index is 934. The monoisotopic (exact) mass is 434 g/mol. The maximum absolute atomic E-state index is 14.2. The Morgan fingerprint density at radius 1 is 1.00 bits per heavy atom. The molecule has 5 nitrogen and oxygen atoms in total. The van der Waals surface area contributed by atoms with E-state index < -0.39 is 36.3 Å². The van der Waals surface area contributed by atoms with Crippen LogP contribution in [0.2, 0.25) is 0 Å². The largest absolute Gasteiger partial charge is 0.487 e. The summed E-state index contributed by atoms with van der Waals surface area (Å²) in [4.78, 5) is 0. The lowest BCUT2D eigenvalue weighted by Gasteiger charge is -2.33. The van der Waals surface area contributed by atoms with Crippen LogP contribution in [-0.4, -0.2) is 39.7 Å². The third-order valence-electron chi connectivity index (χ3n) is 6.27. The molecule has 0 fully saturated rings. The number of ether oxygens (including phenoxy) is 2. The second-order valence-corrected chi connectivity index (χ2v) is 8.52. The van der Waals surface area contributed by atoms with E-state index in [9.17, 15) is 24.1 Å². The second kappa shape index (κ2) is 9.10. The highest BCUT2D eigenvalue weighted by Gasteiger charge is 2.33. The molecule has 0 radical (unpaired) electrons. The molecule has 0 unspecified atom stereocenters. The summed E-state index contributed by atoms with van der Waals surface area (Å²) in [6.07, 6.45) is -0.929. The summed E-state index contributed by atoms with van der Waals surface area (Å²) >= 11 is 0. The standard InChI is InChI=1S/C24H28F2O5/c1-13-5-8-20-15(24(13)26)7-10-22(30-20)17(27)3-2-4-18(28)23-12-19(29)16-11-14(25)6-9-21(16)31-23/h5-6,8-9,11,17-19,22-23,27-29H,2-4,7,10,12H2,1H3/t17-,18-,19-,22-,23+/m0/s1. The summed E-state index contributed by atoms with van der Waals surface area (Å²) in [5, 5.41) is 31.3. The molecule has 3 N–H and O–H groups in total. The lowest BCUT2D eigenvalue weighted by atomic mass is 9.92. The van der Waals surface area contributed by atoms with Gasteiger partial charge in [-0.25, -0.2) is 8.78 Å². The molecule has 168 valence electrons. The van der Waals surface area contributed by atoms with Crippen LogP contribution in [0.15, 0.2) is 30.3 Å². The molecular formula is C24H28F2O5. The van der Waals surface area contributed by atoms with Crippen LogP contribution in [-0.2, 0) is 6.42 Å². The van der Waals surface area contributed by atoms with Crippen molar-refractivity contribution in [2.75, 3.05) is 0 Å². The van der Waals surface area contributed by atoms with Gasteiger partial charge in [0.2, 0.25) is 0 Å². The van der Waals surface area contributed by atoms with Crippen LogP contribution in [0.1, 0.15) is 54.9 Å². The molecule has 2 aromatic carbocycles. The molecule has 31 heavy (non-hydrogen) atoms. The highest BCUT2D eigenvalue weighted by Crippen LogP contribution is 2.37. The maximum atomic E-state index is 14.2. The van der Waals surface area contributed by atoms with E-state index >= 15 is 0 Å². The van der Waals surface area contributed by atoms with Crippen molar-refractivity contribution >= 4 is 0 Å². The SMILES string of the molecule is Cc1ccc2c(c1F)CC[C@@H]([C@@H](O)CCC[C@H](O)[C@H]1C[C@H](O)c3cc(F)ccc3O1)O2. The second-order valence-electron chi connectivity index (χ2n) is 8.52. The van der Waals surface area contributed by atoms with E-state index in [0.717, 1.165) is 0 Å². The third kappa shape index (κ3) is 4.68. The van der Waals surface area contributed by atoms with Crippen LogP contribution in [0.25, 0.3) is 0 Å². The van der Waals surface area contributed by atoms with E-state index in [1.54, 1.807) is 19.1 Å². The van der Waals surface area contributed by atoms with Crippen LogP contribution in [0.5, 0.6) is 11.5 Å². The van der Waals surface area contributed by atoms with Gasteiger partial charge in [0, 0.05) is 17.5 Å². The number of halogens is 2. The van der Waals surface area contributed by atoms with E-state index in [2.05, 4.69) is 0 Å². The number of aliphatic hydroxyl groups excluding tert-OH is 3. The van der Waals surface area contributed by atoms with Gasteiger partial charge in [0.15, 0.2) is 0 Å². The molecule has 0 amide bonds. The Morgan fingerprint density at radius 2 is 1.68 bits per heavy atom. The van der Waals surface area contributed by atoms with Crippen molar-refractivity contribution in [3.8, 4) is 11.5 Å². The Labute approximate surface area is 180 Å². The zero-order chi connectivity index (χ0) is 22.1. The van der Waals surface area contributed by atoms with E-state index in [0.29, 0.717) is 60.3 Å². The molecular weight excluding hydrogens is 406 g/mol. The van der Waals surface area contributed by atoms with Crippen molar-refractivity contribution in [3.05, 3.63) is 58.7 Å². The van der Waals surface area contributed by atoms with Crippen LogP contribution in [0.3, 0.4) is 0 Å². The molecule has 0 aliphatic carbocycles. The average molecular weight is 434 g/mol. The molecule has 0 saturated carbocycles. The van der Waals surface area contributed by atoms with Crippen LogP contribution in [0.4, 0.5) is 8.78 Å². The number of fused-ring (bicyclic) bond motifs is 2. The molecule has 5 atom stereocenters. The summed E-state index contributed by atoms with van der Waals surface area (Å²) in [6, 6.07) is 7.37. The fraction of sp³-hybridized carbons (Fsp3) is 0.500. The van der Waals surface area contributed by atoms with Gasteiger partial charge in [0.25, 0.3) is 0 Å². The zero-order valence-corrected chi connectivity index (χ0v) is 17.4. The number of aryl methyl sites for hydroxylation is 1. The van der Waals surface area contributed by atoms with Gasteiger partial charge in [0.05, 0.1) is 18.3 Å². The van der Waals surface area contributed by atoms with Crippen LogP contribution < -0.4 is 9.47 Å². The number of benzene rings is 2. The summed E-state index contributed by atoms with van der Waals surface area (Å²) in [6.45, 7) is 1.72. The fourth-order valence-corrected chi connectivity index (χ4v) is 4.43. The lowest BCUT2D eigenvalue weighted by Crippen LogP contribution is -2.37. The van der Waals surface area contributed by atoms with Crippen LogP contribution in [0, 0.1) is 18.6 Å². The summed E-state index contributed by atoms with van der Waals surface area (Å²) in [5.74, 6) is 0.173. The van der Waals surface area contributed by atoms with Gasteiger partial charge in [-0.15, -0.1) is 0 Å². The minimum absolute atomic E-state index is 0.174. The smallest absolute Gasteiger partial charge is 0.132 e. The van der Waals surface area contributed by atoms with E-state index in [1.165, 1.54) is 18.2 Å². The first kappa shape index (κ1) is 22.0. The van der Waals surface area contributed by atoms with Gasteiger partial charge >= 0.3 is 0 Å². The van der Waals surface area contributed by atoms with Gasteiger partial charge in [-0.2, -0.15) is 0 Å². The Kier molecular flexibility index (Phi) is 6.46. The quantitative estimate of drug-likeness (QED) is 0.646. The molecule has 2 aliphatic heterocycles. The Balaban J connectivity index is 1.27. The first-order chi connectivity index (χ1) is 14.8. The molecule has 2 heterocycles. The first-order valence-electron chi connectivity index (χ1n) is 10.8. The number of aliphatic hydroxyl groups is 3. The summed E-state index contributed by atoms with van der Waals surface area (Å²) < 4.78 is 39.2. The van der Waals surface area contributed by atoms with Gasteiger partial charge in [0.1, 0.15) is 35.3 Å². The van der Waals surface area contributed by atoms with Gasteiger partial charge in [-0.1, -0.05) is 6.07 Å². The molecule has 7 heteroatoms. The highest BCUT2D eigenvalue weighted by atomic mass is 19.1. The maximum Gasteiger partial charge on any atom is 0.132 e. The lowest BCUT2D eigenvalue weighted by molar-refractivity contribution is -0.0231. The molecule has 2 aromatic rings. The Hall–Kier alpha value is -2.22. The number of hydrogen-bond acceptors (Lipinski definition) is 5. The minimum Gasteiger partial charge on any atom is -0.487 e. The zero-order valence-electron chi connectivity index (χ0n) is 17.4. The predicted molar refractivity (Wildman–Crippen MR) is 110 cm³/mol. The third-order valence-corrected chi connectivity index (χ3v) is 6.27. The Morgan fingerprint density at radius 3 is 2.45 bits per heavy atom. The van der Waals surface area contributed by atoms with Gasteiger partial charge < -0.3 is 24.8 Å². The molecule has 0 aromatic heterocycles. The predicted octanol–water partition coefficient (Wildman–Crippen LogP) is 3.74. The number of hydrogen-bond donors (Lipinski definition) is 3. The van der Waals surface area contributed by atoms with E-state index in [1.807, 2.05) is 0 Å². The summed E-state index contributed by atoms with van der Waals surface area (Å²) in [7, 11) is 0. The van der Waals surface area contributed by atoms with Crippen molar-refractivity contribution in [1.29, 1.82) is 0 Å². The highest BCUT2D eigenvalue weighted by molar-refractivity contribution is 5.40. The summed E-state index contributed by atoms with van der Waals surface area (Å²) in [5.41, 5.74) is 1.53. The molecule has 0 saturated heterocycles. The van der Waals surface area contributed by atoms with Crippen molar-refractivity contribution < 1.29 is 33.6 Å².